The maximum Gasteiger partial charge on any atom is 0.123 e. The Kier molecular flexibility index (Phi) is 9.45. The Morgan fingerprint density at radius 2 is 1.76 bits per heavy atom. The van der Waals surface area contributed by atoms with E-state index in [0.29, 0.717) is 41.5 Å². The Morgan fingerprint density at radius 1 is 1.00 bits per heavy atom. The summed E-state index contributed by atoms with van der Waals surface area (Å²) in [4.78, 5) is 8.35. The van der Waals surface area contributed by atoms with Crippen LogP contribution in [0.5, 0.6) is 0 Å². The van der Waals surface area contributed by atoms with Gasteiger partial charge in [-0.1, -0.05) is 89.8 Å². The van der Waals surface area contributed by atoms with Crippen LogP contribution in [-0.2, 0) is 4.74 Å². The lowest BCUT2D eigenvalue weighted by Gasteiger charge is -2.38. The minimum atomic E-state index is 0.183. The van der Waals surface area contributed by atoms with E-state index in [9.17, 15) is 0 Å². The molecule has 0 aromatic carbocycles. The fourth-order valence-corrected chi connectivity index (χ4v) is 8.41. The zero-order valence-corrected chi connectivity index (χ0v) is 28.2. The first-order valence-electron chi connectivity index (χ1n) is 17.1. The zero-order chi connectivity index (χ0) is 30.2. The third kappa shape index (κ3) is 6.31. The summed E-state index contributed by atoms with van der Waals surface area (Å²) in [6.07, 6.45) is 24.5. The fourth-order valence-electron chi connectivity index (χ4n) is 8.41. The van der Waals surface area contributed by atoms with Crippen LogP contribution in [0, 0.1) is 40.9 Å². The Labute approximate surface area is 257 Å². The van der Waals surface area contributed by atoms with Crippen LogP contribution in [-0.4, -0.2) is 30.3 Å². The molecule has 0 bridgehead atoms. The standard InChI is InChI=1S/C39H58N2O/c1-10-29-24-41(23-28(29)5)35-20-19-32(27(4)21-36(35)42-9)37-26(3)15-17-30-13-11-12-14-33(38(30)40-37)34-22-31(39(6,7)8)18-16-25(34)2/h16,18-20,22-23,25-26,29-30,33-34,38H,10-15,17,21,24H2,1-9H3. The predicted molar refractivity (Wildman–Crippen MR) is 179 cm³/mol. The van der Waals surface area contributed by atoms with Crippen LogP contribution in [0.2, 0.25) is 0 Å². The predicted octanol–water partition coefficient (Wildman–Crippen LogP) is 10.2. The highest BCUT2D eigenvalue weighted by molar-refractivity contribution is 6.05. The van der Waals surface area contributed by atoms with E-state index in [4.69, 9.17) is 9.73 Å². The van der Waals surface area contributed by atoms with Crippen LogP contribution in [0.4, 0.5) is 0 Å². The second kappa shape index (κ2) is 12.7. The van der Waals surface area contributed by atoms with Crippen molar-refractivity contribution in [1.82, 2.24) is 4.90 Å². The van der Waals surface area contributed by atoms with E-state index in [1.165, 1.54) is 78.6 Å². The number of aliphatic imine (C=N–C) groups is 1. The molecule has 0 spiro atoms. The summed E-state index contributed by atoms with van der Waals surface area (Å²) in [6, 6.07) is 0.407. The molecule has 3 nitrogen and oxygen atoms in total. The highest BCUT2D eigenvalue weighted by Crippen LogP contribution is 2.46. The maximum absolute atomic E-state index is 6.08. The second-order valence-electron chi connectivity index (χ2n) is 15.2. The lowest BCUT2D eigenvalue weighted by molar-refractivity contribution is 0.220. The summed E-state index contributed by atoms with van der Waals surface area (Å²) >= 11 is 0. The molecule has 1 fully saturated rings. The topological polar surface area (TPSA) is 24.8 Å². The number of rotatable bonds is 5. The maximum atomic E-state index is 6.08. The highest BCUT2D eigenvalue weighted by Gasteiger charge is 2.40. The van der Waals surface area contributed by atoms with E-state index < -0.39 is 0 Å². The minimum absolute atomic E-state index is 0.183. The van der Waals surface area contributed by atoms with Gasteiger partial charge in [-0.25, -0.2) is 0 Å². The molecular weight excluding hydrogens is 512 g/mol. The van der Waals surface area contributed by atoms with Crippen LogP contribution in [0.25, 0.3) is 0 Å². The molecule has 0 saturated heterocycles. The van der Waals surface area contributed by atoms with E-state index in [1.807, 2.05) is 7.11 Å². The molecule has 230 valence electrons. The normalized spacial score (nSPS) is 34.4. The summed E-state index contributed by atoms with van der Waals surface area (Å²) in [5.41, 5.74) is 8.50. The van der Waals surface area contributed by atoms with Crippen molar-refractivity contribution in [3.63, 3.8) is 0 Å². The molecule has 42 heavy (non-hydrogen) atoms. The average Bonchev–Trinajstić information content (AvgIpc) is 3.06. The quantitative estimate of drug-likeness (QED) is 0.328. The second-order valence-corrected chi connectivity index (χ2v) is 15.2. The van der Waals surface area contributed by atoms with Gasteiger partial charge in [0.15, 0.2) is 0 Å². The third-order valence-corrected chi connectivity index (χ3v) is 11.3. The van der Waals surface area contributed by atoms with E-state index in [-0.39, 0.29) is 5.41 Å². The van der Waals surface area contributed by atoms with Gasteiger partial charge in [0.1, 0.15) is 5.76 Å². The van der Waals surface area contributed by atoms with Crippen LogP contribution in [0.15, 0.2) is 75.3 Å². The van der Waals surface area contributed by atoms with Crippen LogP contribution in [0.3, 0.4) is 0 Å². The van der Waals surface area contributed by atoms with Crippen LogP contribution < -0.4 is 0 Å². The molecule has 3 heteroatoms. The van der Waals surface area contributed by atoms with Gasteiger partial charge in [-0.15, -0.1) is 0 Å². The van der Waals surface area contributed by atoms with Gasteiger partial charge in [-0.2, -0.15) is 0 Å². The summed E-state index contributed by atoms with van der Waals surface area (Å²) in [7, 11) is 1.84. The number of hydrogen-bond acceptors (Lipinski definition) is 3. The van der Waals surface area contributed by atoms with Gasteiger partial charge < -0.3 is 9.64 Å². The minimum Gasteiger partial charge on any atom is -0.499 e. The highest BCUT2D eigenvalue weighted by atomic mass is 16.5. The molecule has 5 aliphatic rings. The molecule has 7 unspecified atom stereocenters. The number of nitrogens with zero attached hydrogens (tertiary/aromatic N) is 2. The van der Waals surface area contributed by atoms with E-state index >= 15 is 0 Å². The largest absolute Gasteiger partial charge is 0.499 e. The Balaban J connectivity index is 1.52. The monoisotopic (exact) mass is 570 g/mol. The molecule has 1 saturated carbocycles. The number of allylic oxidation sites excluding steroid dienone is 8. The summed E-state index contributed by atoms with van der Waals surface area (Å²) in [5, 5.41) is 0. The van der Waals surface area contributed by atoms with Gasteiger partial charge in [0.05, 0.1) is 18.8 Å². The lowest BCUT2D eigenvalue weighted by Crippen LogP contribution is -2.35. The van der Waals surface area contributed by atoms with Crippen molar-refractivity contribution in [2.24, 2.45) is 45.9 Å². The Morgan fingerprint density at radius 3 is 2.45 bits per heavy atom. The fraction of sp³-hybridized carbons (Fsp3) is 0.667. The van der Waals surface area contributed by atoms with Gasteiger partial charge >= 0.3 is 0 Å². The molecular formula is C39H58N2O. The molecule has 0 amide bonds. The first-order valence-corrected chi connectivity index (χ1v) is 17.1. The van der Waals surface area contributed by atoms with Crippen LogP contribution >= 0.6 is 0 Å². The molecule has 5 rings (SSSR count). The molecule has 2 aliphatic heterocycles. The lowest BCUT2D eigenvalue weighted by atomic mass is 9.69. The van der Waals surface area contributed by atoms with E-state index in [1.54, 1.807) is 0 Å². The van der Waals surface area contributed by atoms with Crippen molar-refractivity contribution >= 4 is 5.71 Å². The SMILES string of the molecule is CCC1CN(C2=C(OC)CC(C)=C(C3=NC4C(CCCCC4C4C=C(C(C)(C)C)C=CC4C)CCC3C)C=C2)C=C1C. The van der Waals surface area contributed by atoms with Crippen molar-refractivity contribution in [1.29, 1.82) is 0 Å². The van der Waals surface area contributed by atoms with E-state index in [0.717, 1.165) is 18.7 Å². The summed E-state index contributed by atoms with van der Waals surface area (Å²) in [6.45, 7) is 19.9. The first-order chi connectivity index (χ1) is 20.0. The summed E-state index contributed by atoms with van der Waals surface area (Å²) in [5.74, 6) is 4.62. The smallest absolute Gasteiger partial charge is 0.123 e. The number of methoxy groups -OCH3 is 1. The van der Waals surface area contributed by atoms with Gasteiger partial charge in [-0.05, 0) is 104 Å². The number of hydrogen-bond donors (Lipinski definition) is 0. The molecule has 3 aliphatic carbocycles. The van der Waals surface area contributed by atoms with Gasteiger partial charge in [0, 0.05) is 24.9 Å². The van der Waals surface area contributed by atoms with Gasteiger partial charge in [0.25, 0.3) is 0 Å². The van der Waals surface area contributed by atoms with Crippen molar-refractivity contribution in [2.75, 3.05) is 13.7 Å². The van der Waals surface area contributed by atoms with Gasteiger partial charge in [-0.3, -0.25) is 4.99 Å². The van der Waals surface area contributed by atoms with Crippen LogP contribution in [0.1, 0.15) is 107 Å². The van der Waals surface area contributed by atoms with Crippen molar-refractivity contribution in [2.45, 2.75) is 113 Å². The molecule has 7 atom stereocenters. The Hall–Kier alpha value is -2.29. The van der Waals surface area contributed by atoms with E-state index in [2.05, 4.69) is 96.9 Å². The van der Waals surface area contributed by atoms with Crippen molar-refractivity contribution in [3.8, 4) is 0 Å². The molecule has 0 aromatic heterocycles. The average molecular weight is 571 g/mol. The van der Waals surface area contributed by atoms with Gasteiger partial charge in [0.2, 0.25) is 0 Å². The first kappa shape index (κ1) is 31.1. The number of ether oxygens (including phenoxy) is 1. The number of fused-ring (bicyclic) bond motifs is 1. The molecule has 0 aromatic rings. The Bertz CT molecular complexity index is 1230. The van der Waals surface area contributed by atoms with Crippen molar-refractivity contribution in [3.05, 3.63) is 70.3 Å². The van der Waals surface area contributed by atoms with Crippen molar-refractivity contribution < 1.29 is 4.74 Å². The zero-order valence-electron chi connectivity index (χ0n) is 28.2. The molecule has 0 N–H and O–H groups in total. The summed E-state index contributed by atoms with van der Waals surface area (Å²) < 4.78 is 6.08. The third-order valence-electron chi connectivity index (χ3n) is 11.3. The molecule has 2 heterocycles. The molecule has 0 radical (unpaired) electrons.